The van der Waals surface area contributed by atoms with Crippen LogP contribution in [0.4, 0.5) is 0 Å². The summed E-state index contributed by atoms with van der Waals surface area (Å²) in [5.74, 6) is -0.616. The number of benzene rings is 2. The molecule has 0 fully saturated rings. The zero-order chi connectivity index (χ0) is 15.1. The molecule has 0 spiro atoms. The van der Waals surface area contributed by atoms with E-state index in [1.165, 1.54) is 14.8 Å². The molecule has 1 aromatic heterocycles. The van der Waals surface area contributed by atoms with Gasteiger partial charge in [0, 0.05) is 21.9 Å². The van der Waals surface area contributed by atoms with Crippen molar-refractivity contribution >= 4 is 42.5 Å². The third-order valence-electron chi connectivity index (χ3n) is 3.57. The molecule has 0 aliphatic heterocycles. The highest BCUT2D eigenvalue weighted by Crippen LogP contribution is 2.42. The van der Waals surface area contributed by atoms with Gasteiger partial charge in [0.1, 0.15) is 6.26 Å². The molecule has 0 saturated heterocycles. The molecule has 1 heterocycles. The average Bonchev–Trinajstić information content (AvgIpc) is 2.72. The Morgan fingerprint density at radius 2 is 1.86 bits per heavy atom. The van der Waals surface area contributed by atoms with Crippen LogP contribution >= 0.6 is 10.5 Å². The maximum Gasteiger partial charge on any atom is 0.280 e. The van der Waals surface area contributed by atoms with Gasteiger partial charge < -0.3 is 11.5 Å². The summed E-state index contributed by atoms with van der Waals surface area (Å²) in [6.07, 6.45) is 2.22. The van der Waals surface area contributed by atoms with Crippen LogP contribution in [-0.2, 0) is 6.26 Å². The summed E-state index contributed by atoms with van der Waals surface area (Å²) in [7, 11) is 0.0370. The molecule has 0 radical (unpaired) electrons. The van der Waals surface area contributed by atoms with Crippen molar-refractivity contribution in [2.75, 3.05) is 0 Å². The molecular weight excluding hydrogens is 282 g/mol. The molecule has 3 rings (SSSR count). The Bertz CT molecular complexity index is 905. The Kier molecular flexibility index (Phi) is 3.14. The molecule has 0 aliphatic rings. The maximum atomic E-state index is 12.1. The van der Waals surface area contributed by atoms with Gasteiger partial charge in [-0.3, -0.25) is 4.79 Å². The van der Waals surface area contributed by atoms with E-state index in [1.807, 2.05) is 25.1 Å². The molecule has 0 saturated carbocycles. The third-order valence-corrected chi connectivity index (χ3v) is 5.74. The zero-order valence-corrected chi connectivity index (χ0v) is 12.7. The molecule has 0 bridgehead atoms. The van der Waals surface area contributed by atoms with E-state index in [0.29, 0.717) is 5.56 Å². The van der Waals surface area contributed by atoms with Crippen molar-refractivity contribution in [2.45, 2.75) is 6.92 Å². The number of aryl methyl sites for hydroxylation is 2. The minimum absolute atomic E-state index is 0.0370. The van der Waals surface area contributed by atoms with Gasteiger partial charge in [-0.25, -0.2) is 0 Å². The second kappa shape index (κ2) is 4.86. The molecule has 1 amide bonds. The molecular formula is C16H16N3OS+. The number of hydrogen-bond donors (Lipinski definition) is 2. The van der Waals surface area contributed by atoms with Crippen molar-refractivity contribution in [3.63, 3.8) is 0 Å². The van der Waals surface area contributed by atoms with E-state index in [-0.39, 0.29) is 16.4 Å². The Balaban J connectivity index is 2.36. The first-order valence-corrected chi connectivity index (χ1v) is 8.16. The molecule has 21 heavy (non-hydrogen) atoms. The third kappa shape index (κ3) is 2.15. The summed E-state index contributed by atoms with van der Waals surface area (Å²) < 4.78 is 2.62. The van der Waals surface area contributed by atoms with Crippen LogP contribution in [0.15, 0.2) is 41.4 Å². The summed E-state index contributed by atoms with van der Waals surface area (Å²) in [6.45, 7) is 2.03. The number of amides is 1. The average molecular weight is 298 g/mol. The van der Waals surface area contributed by atoms with Crippen LogP contribution < -0.4 is 11.5 Å². The summed E-state index contributed by atoms with van der Waals surface area (Å²) in [5, 5.41) is 2.31. The van der Waals surface area contributed by atoms with Gasteiger partial charge in [0.05, 0.1) is 0 Å². The number of fused-ring (bicyclic) bond motifs is 3. The van der Waals surface area contributed by atoms with Gasteiger partial charge >= 0.3 is 0 Å². The van der Waals surface area contributed by atoms with Crippen LogP contribution in [0.25, 0.3) is 20.2 Å². The summed E-state index contributed by atoms with van der Waals surface area (Å²) in [6, 6.07) is 12.1. The number of carbonyl (C=O) groups is 1. The normalized spacial score (nSPS) is 11.8. The standard InChI is InChI=1S/C16H15N3OS/c1-9-7-10(15(20)19-16(17)18)8-12-11-5-3-4-6-13(11)21(2)14(9)12/h3-8H,1-2H3,(H3-,17,18,19,20)/p+1. The quantitative estimate of drug-likeness (QED) is 0.411. The lowest BCUT2D eigenvalue weighted by atomic mass is 10.1. The van der Waals surface area contributed by atoms with E-state index >= 15 is 0 Å². The number of thiophene rings is 1. The second-order valence-electron chi connectivity index (χ2n) is 5.02. The topological polar surface area (TPSA) is 81.5 Å². The van der Waals surface area contributed by atoms with Gasteiger partial charge in [-0.1, -0.05) is 12.1 Å². The number of nitrogens with two attached hydrogens (primary N) is 2. The van der Waals surface area contributed by atoms with Crippen molar-refractivity contribution < 1.29 is 4.79 Å². The lowest BCUT2D eigenvalue weighted by molar-refractivity contribution is 0.100. The van der Waals surface area contributed by atoms with E-state index < -0.39 is 5.91 Å². The Labute approximate surface area is 125 Å². The van der Waals surface area contributed by atoms with Gasteiger partial charge in [0.15, 0.2) is 15.4 Å². The van der Waals surface area contributed by atoms with Gasteiger partial charge in [0.2, 0.25) is 0 Å². The van der Waals surface area contributed by atoms with E-state index in [2.05, 4.69) is 29.4 Å². The predicted octanol–water partition coefficient (Wildman–Crippen LogP) is 3.00. The zero-order valence-electron chi connectivity index (χ0n) is 11.9. The summed E-state index contributed by atoms with van der Waals surface area (Å²) in [5.41, 5.74) is 12.2. The molecule has 1 atom stereocenters. The highest BCUT2D eigenvalue weighted by atomic mass is 32.2. The largest absolute Gasteiger partial charge is 0.370 e. The van der Waals surface area contributed by atoms with Crippen LogP contribution in [0.5, 0.6) is 0 Å². The Morgan fingerprint density at radius 1 is 1.14 bits per heavy atom. The summed E-state index contributed by atoms with van der Waals surface area (Å²) in [4.78, 5) is 15.7. The monoisotopic (exact) mass is 298 g/mol. The molecule has 4 N–H and O–H groups in total. The fourth-order valence-corrected chi connectivity index (χ4v) is 4.80. The fourth-order valence-electron chi connectivity index (χ4n) is 2.75. The van der Waals surface area contributed by atoms with E-state index in [0.717, 1.165) is 10.9 Å². The van der Waals surface area contributed by atoms with Crippen molar-refractivity contribution in [1.29, 1.82) is 0 Å². The molecule has 5 heteroatoms. The Morgan fingerprint density at radius 3 is 2.57 bits per heavy atom. The summed E-state index contributed by atoms with van der Waals surface area (Å²) >= 11 is 0. The number of rotatable bonds is 1. The molecule has 3 aromatic rings. The molecule has 106 valence electrons. The predicted molar refractivity (Wildman–Crippen MR) is 89.8 cm³/mol. The minimum Gasteiger partial charge on any atom is -0.370 e. The van der Waals surface area contributed by atoms with E-state index in [4.69, 9.17) is 11.5 Å². The first-order valence-electron chi connectivity index (χ1n) is 6.53. The SMILES string of the molecule is Cc1cc(C(=O)N=C(N)N)cc2c3ccccc3[s+](C)c12. The van der Waals surface area contributed by atoms with Crippen LogP contribution in [0.2, 0.25) is 0 Å². The Hall–Kier alpha value is -2.40. The second-order valence-corrected chi connectivity index (χ2v) is 6.89. The first kappa shape index (κ1) is 13.6. The number of carbonyl (C=O) groups excluding carboxylic acids is 1. The lowest BCUT2D eigenvalue weighted by Gasteiger charge is -1.99. The lowest BCUT2D eigenvalue weighted by Crippen LogP contribution is -2.24. The van der Waals surface area contributed by atoms with Crippen molar-refractivity contribution in [3.8, 4) is 0 Å². The smallest absolute Gasteiger partial charge is 0.280 e. The van der Waals surface area contributed by atoms with Gasteiger partial charge in [-0.05, 0) is 41.7 Å². The molecule has 2 aromatic carbocycles. The number of hydrogen-bond acceptors (Lipinski definition) is 1. The fraction of sp³-hybridized carbons (Fsp3) is 0.125. The van der Waals surface area contributed by atoms with Crippen LogP contribution in [0.3, 0.4) is 0 Å². The highest BCUT2D eigenvalue weighted by molar-refractivity contribution is 7.41. The number of aliphatic imine (C=N–C) groups is 1. The minimum atomic E-state index is -0.402. The van der Waals surface area contributed by atoms with Crippen molar-refractivity contribution in [3.05, 3.63) is 47.5 Å². The van der Waals surface area contributed by atoms with Crippen LogP contribution in [0, 0.1) is 6.92 Å². The van der Waals surface area contributed by atoms with E-state index in [9.17, 15) is 4.79 Å². The molecule has 1 unspecified atom stereocenters. The van der Waals surface area contributed by atoms with Crippen molar-refractivity contribution in [1.82, 2.24) is 0 Å². The van der Waals surface area contributed by atoms with Gasteiger partial charge in [-0.15, -0.1) is 0 Å². The molecule has 4 nitrogen and oxygen atoms in total. The van der Waals surface area contributed by atoms with Gasteiger partial charge in [0.25, 0.3) is 5.91 Å². The number of nitrogens with zero attached hydrogens (tertiary/aromatic N) is 1. The first-order chi connectivity index (χ1) is 9.99. The highest BCUT2D eigenvalue weighted by Gasteiger charge is 2.21. The van der Waals surface area contributed by atoms with Gasteiger partial charge in [-0.2, -0.15) is 4.99 Å². The van der Waals surface area contributed by atoms with Crippen molar-refractivity contribution in [2.24, 2.45) is 22.7 Å². The number of guanidine groups is 1. The van der Waals surface area contributed by atoms with E-state index in [1.54, 1.807) is 0 Å². The van der Waals surface area contributed by atoms with Crippen LogP contribution in [0.1, 0.15) is 15.9 Å². The molecule has 0 aliphatic carbocycles. The maximum absolute atomic E-state index is 12.1. The van der Waals surface area contributed by atoms with Crippen LogP contribution in [-0.4, -0.2) is 11.9 Å².